The molecule has 1 aliphatic carbocycles. The number of carbonyl (C=O) groups is 3. The van der Waals surface area contributed by atoms with Gasteiger partial charge in [0.1, 0.15) is 10.9 Å². The Morgan fingerprint density at radius 2 is 1.73 bits per heavy atom. The molecule has 0 radical (unpaired) electrons. The third kappa shape index (κ3) is 5.71. The molecule has 1 saturated carbocycles. The van der Waals surface area contributed by atoms with E-state index in [2.05, 4.69) is 9.69 Å². The summed E-state index contributed by atoms with van der Waals surface area (Å²) in [6.07, 6.45) is 4.62. The Bertz CT molecular complexity index is 1020. The van der Waals surface area contributed by atoms with Crippen LogP contribution in [0.2, 0.25) is 0 Å². The van der Waals surface area contributed by atoms with Gasteiger partial charge in [0, 0.05) is 11.6 Å². The number of primary amides is 1. The normalized spacial score (nSPS) is 15.6. The van der Waals surface area contributed by atoms with Gasteiger partial charge in [-0.2, -0.15) is 4.37 Å². The number of aryl methyl sites for hydroxylation is 1. The molecule has 2 aromatic rings. The molecule has 1 aromatic carbocycles. The summed E-state index contributed by atoms with van der Waals surface area (Å²) in [7, 11) is 0. The number of benzene rings is 1. The summed E-state index contributed by atoms with van der Waals surface area (Å²) in [5, 5.41) is 3.05. The van der Waals surface area contributed by atoms with Gasteiger partial charge in [0.2, 0.25) is 5.91 Å². The van der Waals surface area contributed by atoms with Crippen molar-refractivity contribution in [2.75, 3.05) is 5.73 Å². The Kier molecular flexibility index (Phi) is 7.41. The van der Waals surface area contributed by atoms with Gasteiger partial charge in [-0.25, -0.2) is 0 Å². The van der Waals surface area contributed by atoms with Gasteiger partial charge in [-0.15, -0.1) is 0 Å². The van der Waals surface area contributed by atoms with Crippen molar-refractivity contribution in [1.82, 2.24) is 14.6 Å². The van der Waals surface area contributed by atoms with E-state index in [1.807, 2.05) is 52.0 Å². The molecular formula is C24H33N5O3S. The number of carbonyl (C=O) groups excluding carboxylic acids is 3. The molecule has 0 spiro atoms. The molecule has 9 heteroatoms. The van der Waals surface area contributed by atoms with E-state index in [0.717, 1.165) is 54.8 Å². The molecule has 1 aromatic heterocycles. The van der Waals surface area contributed by atoms with Crippen molar-refractivity contribution < 1.29 is 14.4 Å². The van der Waals surface area contributed by atoms with Gasteiger partial charge >= 0.3 is 0 Å². The van der Waals surface area contributed by atoms with Crippen molar-refractivity contribution in [1.29, 1.82) is 0 Å². The highest BCUT2D eigenvalue weighted by Crippen LogP contribution is 2.35. The zero-order chi connectivity index (χ0) is 24.3. The van der Waals surface area contributed by atoms with Crippen molar-refractivity contribution in [3.8, 4) is 0 Å². The fourth-order valence-electron chi connectivity index (χ4n) is 4.22. The van der Waals surface area contributed by atoms with Gasteiger partial charge in [0.25, 0.3) is 11.8 Å². The molecular weight excluding hydrogens is 438 g/mol. The van der Waals surface area contributed by atoms with Crippen LogP contribution in [0.1, 0.15) is 90.2 Å². The average molecular weight is 472 g/mol. The van der Waals surface area contributed by atoms with Crippen LogP contribution in [0.5, 0.6) is 0 Å². The first-order chi connectivity index (χ1) is 15.5. The molecule has 3 rings (SSSR count). The number of hydrogen-bond acceptors (Lipinski definition) is 6. The van der Waals surface area contributed by atoms with E-state index < -0.39 is 23.4 Å². The van der Waals surface area contributed by atoms with Crippen LogP contribution in [0.15, 0.2) is 24.3 Å². The number of anilines is 1. The van der Waals surface area contributed by atoms with Gasteiger partial charge in [0.05, 0.1) is 5.69 Å². The van der Waals surface area contributed by atoms with Crippen LogP contribution in [-0.2, 0) is 4.79 Å². The molecule has 1 heterocycles. The Balaban J connectivity index is 2.13. The van der Waals surface area contributed by atoms with Crippen LogP contribution in [0.25, 0.3) is 0 Å². The average Bonchev–Trinajstić information content (AvgIpc) is 3.13. The zero-order valence-corrected chi connectivity index (χ0v) is 20.5. The van der Waals surface area contributed by atoms with E-state index in [-0.39, 0.29) is 28.2 Å². The number of amides is 3. The number of aromatic nitrogens is 1. The maximum Gasteiger partial charge on any atom is 0.270 e. The molecule has 0 bridgehead atoms. The fourth-order valence-corrected chi connectivity index (χ4v) is 4.97. The summed E-state index contributed by atoms with van der Waals surface area (Å²) in [4.78, 5) is 41.0. The molecule has 1 unspecified atom stereocenters. The first kappa shape index (κ1) is 24.7. The topological polar surface area (TPSA) is 131 Å². The maximum absolute atomic E-state index is 13.9. The maximum atomic E-state index is 13.9. The van der Waals surface area contributed by atoms with E-state index in [0.29, 0.717) is 0 Å². The van der Waals surface area contributed by atoms with E-state index in [9.17, 15) is 14.4 Å². The lowest BCUT2D eigenvalue weighted by Gasteiger charge is -2.40. The summed E-state index contributed by atoms with van der Waals surface area (Å²) in [6, 6.07) is 6.65. The van der Waals surface area contributed by atoms with Crippen LogP contribution in [0.3, 0.4) is 0 Å². The first-order valence-electron chi connectivity index (χ1n) is 11.3. The number of nitrogens with zero attached hydrogens (tertiary/aromatic N) is 2. The summed E-state index contributed by atoms with van der Waals surface area (Å²) in [5.74, 6) is -1.45. The largest absolute Gasteiger partial charge is 0.395 e. The summed E-state index contributed by atoms with van der Waals surface area (Å²) in [6.45, 7) is 7.69. The number of hydrogen-bond donors (Lipinski definition) is 3. The van der Waals surface area contributed by atoms with Crippen LogP contribution >= 0.6 is 11.5 Å². The standard InChI is InChI=1S/C24H33N5O3S/c1-14-10-12-15(13-11-14)19(22(31)27-24(2,3)4)29(16-8-6-5-7-9-16)23(32)20-17(25)18(21(26)30)28-33-20/h10-13,16,19H,5-9,25H2,1-4H3,(H2,26,30)(H,27,31). The SMILES string of the molecule is Cc1ccc(C(C(=O)NC(C)(C)C)N(C(=O)c2snc(C(N)=O)c2N)C2CCCCC2)cc1. The number of rotatable bonds is 6. The molecule has 33 heavy (non-hydrogen) atoms. The van der Waals surface area contributed by atoms with E-state index in [4.69, 9.17) is 11.5 Å². The Labute approximate surface area is 198 Å². The lowest BCUT2D eigenvalue weighted by atomic mass is 9.90. The molecule has 1 fully saturated rings. The third-order valence-corrected chi connectivity index (χ3v) is 6.63. The molecule has 8 nitrogen and oxygen atoms in total. The monoisotopic (exact) mass is 471 g/mol. The molecule has 1 aliphatic rings. The minimum Gasteiger partial charge on any atom is -0.395 e. The Morgan fingerprint density at radius 1 is 1.12 bits per heavy atom. The fraction of sp³-hybridized carbons (Fsp3) is 0.500. The predicted octanol–water partition coefficient (Wildman–Crippen LogP) is 3.56. The second-order valence-electron chi connectivity index (χ2n) is 9.69. The second-order valence-corrected chi connectivity index (χ2v) is 10.5. The van der Waals surface area contributed by atoms with Crippen molar-refractivity contribution in [3.05, 3.63) is 46.0 Å². The van der Waals surface area contributed by atoms with E-state index in [1.165, 1.54) is 0 Å². The first-order valence-corrected chi connectivity index (χ1v) is 12.0. The number of nitrogens with one attached hydrogen (secondary N) is 1. The second kappa shape index (κ2) is 9.91. The van der Waals surface area contributed by atoms with Crippen LogP contribution in [-0.4, -0.2) is 38.6 Å². The van der Waals surface area contributed by atoms with Gasteiger partial charge in [0.15, 0.2) is 5.69 Å². The molecule has 0 aliphatic heterocycles. The van der Waals surface area contributed by atoms with Crippen LogP contribution in [0, 0.1) is 6.92 Å². The lowest BCUT2D eigenvalue weighted by molar-refractivity contribution is -0.128. The molecule has 3 amide bonds. The Hall–Kier alpha value is -2.94. The van der Waals surface area contributed by atoms with Crippen molar-refractivity contribution in [2.24, 2.45) is 5.73 Å². The molecule has 5 N–H and O–H groups in total. The quantitative estimate of drug-likeness (QED) is 0.593. The minimum absolute atomic E-state index is 0.0304. The summed E-state index contributed by atoms with van der Waals surface area (Å²) < 4.78 is 4.01. The van der Waals surface area contributed by atoms with Gasteiger partial charge < -0.3 is 21.7 Å². The lowest BCUT2D eigenvalue weighted by Crippen LogP contribution is -2.52. The molecule has 0 saturated heterocycles. The molecule has 178 valence electrons. The van der Waals surface area contributed by atoms with E-state index in [1.54, 1.807) is 4.90 Å². The summed E-state index contributed by atoms with van der Waals surface area (Å²) >= 11 is 0.846. The Morgan fingerprint density at radius 3 is 2.24 bits per heavy atom. The highest BCUT2D eigenvalue weighted by Gasteiger charge is 2.40. The third-order valence-electron chi connectivity index (χ3n) is 5.78. The van der Waals surface area contributed by atoms with E-state index >= 15 is 0 Å². The number of nitrogens with two attached hydrogens (primary N) is 2. The van der Waals surface area contributed by atoms with Gasteiger partial charge in [-0.1, -0.05) is 49.1 Å². The molecule has 1 atom stereocenters. The smallest absolute Gasteiger partial charge is 0.270 e. The van der Waals surface area contributed by atoms with Crippen LogP contribution in [0.4, 0.5) is 5.69 Å². The zero-order valence-electron chi connectivity index (χ0n) is 19.7. The predicted molar refractivity (Wildman–Crippen MR) is 130 cm³/mol. The van der Waals surface area contributed by atoms with Crippen molar-refractivity contribution >= 4 is 34.9 Å². The van der Waals surface area contributed by atoms with Crippen molar-refractivity contribution in [2.45, 2.75) is 77.4 Å². The highest BCUT2D eigenvalue weighted by molar-refractivity contribution is 7.09. The van der Waals surface area contributed by atoms with Crippen LogP contribution < -0.4 is 16.8 Å². The van der Waals surface area contributed by atoms with Gasteiger partial charge in [-0.05, 0) is 57.6 Å². The summed E-state index contributed by atoms with van der Waals surface area (Å²) in [5.41, 5.74) is 12.6. The van der Waals surface area contributed by atoms with Crippen molar-refractivity contribution in [3.63, 3.8) is 0 Å². The minimum atomic E-state index is -0.848. The van der Waals surface area contributed by atoms with Gasteiger partial charge in [-0.3, -0.25) is 14.4 Å². The number of nitrogen functional groups attached to an aromatic ring is 1. The highest BCUT2D eigenvalue weighted by atomic mass is 32.1.